The van der Waals surface area contributed by atoms with Crippen LogP contribution in [0.5, 0.6) is 5.75 Å². The third-order valence-electron chi connectivity index (χ3n) is 6.26. The summed E-state index contributed by atoms with van der Waals surface area (Å²) in [7, 11) is -3.67. The molecule has 9 heteroatoms. The second kappa shape index (κ2) is 11.3. The van der Waals surface area contributed by atoms with E-state index in [0.717, 1.165) is 16.8 Å². The average Bonchev–Trinajstić information content (AvgIpc) is 2.88. The molecule has 190 valence electrons. The van der Waals surface area contributed by atoms with Gasteiger partial charge in [-0.25, -0.2) is 13.1 Å². The molecule has 7 nitrogen and oxygen atoms in total. The predicted molar refractivity (Wildman–Crippen MR) is 142 cm³/mol. The van der Waals surface area contributed by atoms with E-state index in [1.165, 1.54) is 6.07 Å². The summed E-state index contributed by atoms with van der Waals surface area (Å²) in [5.74, 6) is 0.386. The van der Waals surface area contributed by atoms with E-state index in [4.69, 9.17) is 16.3 Å². The van der Waals surface area contributed by atoms with Crippen molar-refractivity contribution in [2.24, 2.45) is 0 Å². The van der Waals surface area contributed by atoms with Gasteiger partial charge in [-0.3, -0.25) is 4.79 Å². The van der Waals surface area contributed by atoms with Gasteiger partial charge in [-0.2, -0.15) is 0 Å². The second-order valence-electron chi connectivity index (χ2n) is 8.82. The molecule has 3 aromatic carbocycles. The Labute approximate surface area is 217 Å². The van der Waals surface area contributed by atoms with Gasteiger partial charge in [0.2, 0.25) is 10.0 Å². The molecule has 0 unspecified atom stereocenters. The molecule has 1 aliphatic rings. The summed E-state index contributed by atoms with van der Waals surface area (Å²) in [6.07, 6.45) is 0. The van der Waals surface area contributed by atoms with Crippen molar-refractivity contribution >= 4 is 33.2 Å². The fourth-order valence-corrected chi connectivity index (χ4v) is 5.43. The van der Waals surface area contributed by atoms with E-state index in [9.17, 15) is 13.2 Å². The highest BCUT2D eigenvalue weighted by atomic mass is 35.5. The lowest BCUT2D eigenvalue weighted by Crippen LogP contribution is -2.50. The van der Waals surface area contributed by atoms with Crippen molar-refractivity contribution in [3.8, 4) is 5.75 Å². The fraction of sp³-hybridized carbons (Fsp3) is 0.296. The molecule has 3 aromatic rings. The number of sulfonamides is 1. The minimum Gasteiger partial charge on any atom is -0.483 e. The standard InChI is InChI=1S/C27H30ClN3O4S/c1-20-8-9-23(28)17-25(20)30-12-14-31(15-13-30)27(32)19-35-26-11-10-24(16-21(26)2)36(33,34)29-18-22-6-4-3-5-7-22/h3-11,16-17,29H,12-15,18-19H2,1-2H3. The van der Waals surface area contributed by atoms with Crippen LogP contribution in [0.4, 0.5) is 5.69 Å². The number of carbonyl (C=O) groups excluding carboxylic acids is 1. The number of rotatable bonds is 8. The zero-order valence-corrected chi connectivity index (χ0v) is 22.0. The Hall–Kier alpha value is -3.07. The molecular formula is C27H30ClN3O4S. The zero-order valence-electron chi connectivity index (χ0n) is 20.4. The van der Waals surface area contributed by atoms with Gasteiger partial charge in [0.05, 0.1) is 4.90 Å². The summed E-state index contributed by atoms with van der Waals surface area (Å²) in [5, 5.41) is 0.698. The van der Waals surface area contributed by atoms with Crippen LogP contribution in [0.25, 0.3) is 0 Å². The predicted octanol–water partition coefficient (Wildman–Crippen LogP) is 4.16. The Kier molecular flexibility index (Phi) is 8.18. The summed E-state index contributed by atoms with van der Waals surface area (Å²) >= 11 is 6.16. The fourth-order valence-electron chi connectivity index (χ4n) is 4.16. The molecule has 0 aliphatic carbocycles. The molecule has 1 N–H and O–H groups in total. The van der Waals surface area contributed by atoms with Gasteiger partial charge in [0.25, 0.3) is 5.91 Å². The highest BCUT2D eigenvalue weighted by Crippen LogP contribution is 2.26. The average molecular weight is 528 g/mol. The molecule has 0 bridgehead atoms. The van der Waals surface area contributed by atoms with Crippen LogP contribution in [-0.4, -0.2) is 52.0 Å². The molecular weight excluding hydrogens is 498 g/mol. The number of anilines is 1. The lowest BCUT2D eigenvalue weighted by atomic mass is 10.1. The highest BCUT2D eigenvalue weighted by Gasteiger charge is 2.23. The maximum absolute atomic E-state index is 12.7. The number of hydrogen-bond acceptors (Lipinski definition) is 5. The quantitative estimate of drug-likeness (QED) is 0.476. The number of amides is 1. The van der Waals surface area contributed by atoms with Crippen LogP contribution in [0.1, 0.15) is 16.7 Å². The number of halogens is 1. The Morgan fingerprint density at radius 3 is 2.36 bits per heavy atom. The summed E-state index contributed by atoms with van der Waals surface area (Å²) < 4.78 is 33.7. The van der Waals surface area contributed by atoms with Gasteiger partial charge in [0.15, 0.2) is 6.61 Å². The van der Waals surface area contributed by atoms with E-state index in [2.05, 4.69) is 16.5 Å². The SMILES string of the molecule is Cc1cc(S(=O)(=O)NCc2ccccc2)ccc1OCC(=O)N1CCN(c2cc(Cl)ccc2C)CC1. The molecule has 1 saturated heterocycles. The van der Waals surface area contributed by atoms with E-state index >= 15 is 0 Å². The van der Waals surface area contributed by atoms with Crippen LogP contribution in [0, 0.1) is 13.8 Å². The third-order valence-corrected chi connectivity index (χ3v) is 7.90. The largest absolute Gasteiger partial charge is 0.483 e. The van der Waals surface area contributed by atoms with E-state index in [0.29, 0.717) is 42.5 Å². The van der Waals surface area contributed by atoms with Crippen molar-refractivity contribution in [2.75, 3.05) is 37.7 Å². The minimum atomic E-state index is -3.67. The van der Waals surface area contributed by atoms with E-state index in [1.54, 1.807) is 24.0 Å². The molecule has 0 saturated carbocycles. The van der Waals surface area contributed by atoms with Crippen LogP contribution < -0.4 is 14.4 Å². The third kappa shape index (κ3) is 6.37. The van der Waals surface area contributed by atoms with Crippen LogP contribution in [0.2, 0.25) is 5.02 Å². The van der Waals surface area contributed by atoms with Gasteiger partial charge >= 0.3 is 0 Å². The summed E-state index contributed by atoms with van der Waals surface area (Å²) in [4.78, 5) is 16.9. The van der Waals surface area contributed by atoms with Crippen molar-refractivity contribution in [1.82, 2.24) is 9.62 Å². The van der Waals surface area contributed by atoms with Crippen molar-refractivity contribution < 1.29 is 17.9 Å². The number of carbonyl (C=O) groups is 1. The lowest BCUT2D eigenvalue weighted by molar-refractivity contribution is -0.133. The zero-order chi connectivity index (χ0) is 25.7. The van der Waals surface area contributed by atoms with Gasteiger partial charge in [0.1, 0.15) is 5.75 Å². The van der Waals surface area contributed by atoms with Crippen LogP contribution in [-0.2, 0) is 21.4 Å². The molecule has 4 rings (SSSR count). The van der Waals surface area contributed by atoms with E-state index in [1.807, 2.05) is 48.5 Å². The van der Waals surface area contributed by atoms with Gasteiger partial charge in [-0.1, -0.05) is 48.0 Å². The van der Waals surface area contributed by atoms with Gasteiger partial charge < -0.3 is 14.5 Å². The number of nitrogens with one attached hydrogen (secondary N) is 1. The first kappa shape index (κ1) is 26.0. The van der Waals surface area contributed by atoms with Crippen molar-refractivity contribution in [3.05, 3.63) is 88.4 Å². The van der Waals surface area contributed by atoms with E-state index in [-0.39, 0.29) is 24.0 Å². The molecule has 0 radical (unpaired) electrons. The van der Waals surface area contributed by atoms with Crippen molar-refractivity contribution in [3.63, 3.8) is 0 Å². The molecule has 1 heterocycles. The van der Waals surface area contributed by atoms with Crippen LogP contribution in [0.15, 0.2) is 71.6 Å². The molecule has 1 aliphatic heterocycles. The number of nitrogens with zero attached hydrogens (tertiary/aromatic N) is 2. The molecule has 36 heavy (non-hydrogen) atoms. The molecule has 1 fully saturated rings. The molecule has 1 amide bonds. The topological polar surface area (TPSA) is 78.9 Å². The van der Waals surface area contributed by atoms with Crippen LogP contribution >= 0.6 is 11.6 Å². The van der Waals surface area contributed by atoms with Gasteiger partial charge in [0, 0.05) is 43.4 Å². The Balaban J connectivity index is 1.30. The molecule has 0 atom stereocenters. The normalized spacial score (nSPS) is 14.1. The molecule has 0 aromatic heterocycles. The number of aryl methyl sites for hydroxylation is 2. The lowest BCUT2D eigenvalue weighted by Gasteiger charge is -2.36. The summed E-state index contributed by atoms with van der Waals surface area (Å²) in [5.41, 5.74) is 3.76. The number of hydrogen-bond donors (Lipinski definition) is 1. The number of benzene rings is 3. The molecule has 0 spiro atoms. The minimum absolute atomic E-state index is 0.0990. The summed E-state index contributed by atoms with van der Waals surface area (Å²) in [6, 6.07) is 19.8. The smallest absolute Gasteiger partial charge is 0.260 e. The first-order valence-corrected chi connectivity index (χ1v) is 13.6. The first-order valence-electron chi connectivity index (χ1n) is 11.8. The monoisotopic (exact) mass is 527 g/mol. The Morgan fingerprint density at radius 2 is 1.67 bits per heavy atom. The summed E-state index contributed by atoms with van der Waals surface area (Å²) in [6.45, 7) is 6.55. The number of piperazine rings is 1. The first-order chi connectivity index (χ1) is 17.2. The van der Waals surface area contributed by atoms with E-state index < -0.39 is 10.0 Å². The Bertz CT molecular complexity index is 1320. The highest BCUT2D eigenvalue weighted by molar-refractivity contribution is 7.89. The second-order valence-corrected chi connectivity index (χ2v) is 11.0. The maximum Gasteiger partial charge on any atom is 0.260 e. The maximum atomic E-state index is 12.7. The number of ether oxygens (including phenoxy) is 1. The van der Waals surface area contributed by atoms with Crippen molar-refractivity contribution in [1.29, 1.82) is 0 Å². The van der Waals surface area contributed by atoms with Gasteiger partial charge in [-0.05, 0) is 60.9 Å². The van der Waals surface area contributed by atoms with Crippen LogP contribution in [0.3, 0.4) is 0 Å². The van der Waals surface area contributed by atoms with Gasteiger partial charge in [-0.15, -0.1) is 0 Å². The Morgan fingerprint density at radius 1 is 0.944 bits per heavy atom. The van der Waals surface area contributed by atoms with Crippen molar-refractivity contribution in [2.45, 2.75) is 25.3 Å².